The molecule has 5 heterocycles. The number of carbonyl (C=O) groups is 1. The van der Waals surface area contributed by atoms with Crippen molar-refractivity contribution in [2.75, 3.05) is 62.8 Å². The van der Waals surface area contributed by atoms with E-state index in [2.05, 4.69) is 15.2 Å². The fraction of sp³-hybridized carbons (Fsp3) is 0.538. The van der Waals surface area contributed by atoms with Crippen LogP contribution in [-0.2, 0) is 14.3 Å². The summed E-state index contributed by atoms with van der Waals surface area (Å²) in [6.07, 6.45) is -0.489. The van der Waals surface area contributed by atoms with Gasteiger partial charge < -0.3 is 19.7 Å². The molecule has 12 heteroatoms. The first-order valence-electron chi connectivity index (χ1n) is 13.2. The maximum absolute atomic E-state index is 14.1. The van der Waals surface area contributed by atoms with Crippen LogP contribution in [0.15, 0.2) is 30.3 Å². The summed E-state index contributed by atoms with van der Waals surface area (Å²) < 4.78 is 40.6. The van der Waals surface area contributed by atoms with Crippen LogP contribution in [0.5, 0.6) is 0 Å². The lowest BCUT2D eigenvalue weighted by Gasteiger charge is -2.28. The van der Waals surface area contributed by atoms with Crippen LogP contribution < -0.4 is 10.2 Å². The van der Waals surface area contributed by atoms with Gasteiger partial charge in [-0.15, -0.1) is 0 Å². The van der Waals surface area contributed by atoms with Gasteiger partial charge in [-0.2, -0.15) is 9.97 Å². The molecule has 3 fully saturated rings. The first-order chi connectivity index (χ1) is 18.5. The molecule has 3 aliphatic heterocycles. The van der Waals surface area contributed by atoms with Crippen LogP contribution in [-0.4, -0.2) is 94.9 Å². The van der Waals surface area contributed by atoms with E-state index in [9.17, 15) is 13.6 Å². The number of imidazole rings is 1. The van der Waals surface area contributed by atoms with Crippen molar-refractivity contribution in [2.24, 2.45) is 0 Å². The quantitative estimate of drug-likeness (QED) is 0.474. The molecule has 1 N–H and O–H groups in total. The Morgan fingerprint density at radius 3 is 2.71 bits per heavy atom. The molecule has 2 aromatic heterocycles. The number of Topliss-reactive ketones (excluding diaryl/α,β-unsaturated/α-hetero) is 1. The van der Waals surface area contributed by atoms with Crippen molar-refractivity contribution < 1.29 is 23.0 Å². The Balaban J connectivity index is 1.28. The Kier molecular flexibility index (Phi) is 7.18. The average Bonchev–Trinajstić information content (AvgIpc) is 3.69. The van der Waals surface area contributed by atoms with Crippen molar-refractivity contribution in [3.63, 3.8) is 0 Å². The second-order valence-corrected chi connectivity index (χ2v) is 9.94. The summed E-state index contributed by atoms with van der Waals surface area (Å²) in [6, 6.07) is 8.80. The van der Waals surface area contributed by atoms with Crippen LogP contribution in [0.2, 0.25) is 0 Å². The van der Waals surface area contributed by atoms with Crippen molar-refractivity contribution in [1.29, 1.82) is 0 Å². The molecule has 3 saturated heterocycles. The number of carbonyl (C=O) groups excluding carboxylic acids is 1. The molecule has 6 rings (SSSR count). The molecule has 0 amide bonds. The van der Waals surface area contributed by atoms with Gasteiger partial charge in [-0.1, -0.05) is 12.1 Å². The predicted octanol–water partition coefficient (Wildman–Crippen LogP) is 2.82. The maximum Gasteiger partial charge on any atom is 0.296 e. The largest absolute Gasteiger partial charge is 0.378 e. The molecule has 0 aliphatic carbocycles. The molecule has 0 spiro atoms. The summed E-state index contributed by atoms with van der Waals surface area (Å²) in [4.78, 5) is 30.3. The molecule has 2 atom stereocenters. The van der Waals surface area contributed by atoms with Gasteiger partial charge in [0.05, 0.1) is 30.8 Å². The molecule has 10 nitrogen and oxygen atoms in total. The molecule has 38 heavy (non-hydrogen) atoms. The van der Waals surface area contributed by atoms with Gasteiger partial charge >= 0.3 is 0 Å². The molecule has 0 radical (unpaired) electrons. The summed E-state index contributed by atoms with van der Waals surface area (Å²) in [5.41, 5.74) is 1.03. The number of fused-ring (bicyclic) bond motifs is 1. The van der Waals surface area contributed by atoms with Gasteiger partial charge in [0.1, 0.15) is 17.7 Å². The minimum Gasteiger partial charge on any atom is -0.378 e. The Bertz CT molecular complexity index is 1290. The number of nitrogens with zero attached hydrogens (tertiary/aromatic N) is 6. The highest BCUT2D eigenvalue weighted by molar-refractivity contribution is 5.85. The predicted molar refractivity (Wildman–Crippen MR) is 137 cm³/mol. The number of ether oxygens (including phenoxy) is 2. The molecular weight excluding hydrogens is 496 g/mol. The van der Waals surface area contributed by atoms with Crippen LogP contribution in [0.1, 0.15) is 31.5 Å². The van der Waals surface area contributed by atoms with E-state index in [0.29, 0.717) is 74.6 Å². The number of alkyl halides is 2. The van der Waals surface area contributed by atoms with E-state index in [4.69, 9.17) is 19.4 Å². The lowest BCUT2D eigenvalue weighted by molar-refractivity contribution is -0.128. The zero-order valence-corrected chi connectivity index (χ0v) is 21.1. The summed E-state index contributed by atoms with van der Waals surface area (Å²) in [5.74, 6) is 1.11. The second kappa shape index (κ2) is 10.9. The number of benzene rings is 1. The number of ketones is 1. The molecule has 1 unspecified atom stereocenters. The highest BCUT2D eigenvalue weighted by Crippen LogP contribution is 2.29. The SMILES string of the molecule is O=C(CN1CC[C@H](Nc2cc(-n3c(C(F)F)nc4ccccc43)nc(N3CCOCC3)n2)C1)C1CCCO1. The fourth-order valence-corrected chi connectivity index (χ4v) is 5.40. The number of likely N-dealkylation sites (tertiary alicyclic amines) is 1. The number of halogens is 2. The smallest absolute Gasteiger partial charge is 0.296 e. The van der Waals surface area contributed by atoms with Crippen molar-refractivity contribution in [2.45, 2.75) is 37.8 Å². The van der Waals surface area contributed by atoms with Crippen LogP contribution >= 0.6 is 0 Å². The number of nitrogens with one attached hydrogen (secondary N) is 1. The van der Waals surface area contributed by atoms with Crippen molar-refractivity contribution in [3.05, 3.63) is 36.2 Å². The molecule has 0 bridgehead atoms. The number of rotatable bonds is 8. The molecule has 0 saturated carbocycles. The molecule has 202 valence electrons. The summed E-state index contributed by atoms with van der Waals surface area (Å²) in [7, 11) is 0. The van der Waals surface area contributed by atoms with Gasteiger partial charge in [0, 0.05) is 44.9 Å². The van der Waals surface area contributed by atoms with E-state index in [0.717, 1.165) is 25.8 Å². The first-order valence-corrected chi connectivity index (χ1v) is 13.2. The van der Waals surface area contributed by atoms with E-state index < -0.39 is 6.43 Å². The topological polar surface area (TPSA) is 97.6 Å². The van der Waals surface area contributed by atoms with Crippen LogP contribution in [0.4, 0.5) is 20.5 Å². The van der Waals surface area contributed by atoms with Gasteiger partial charge in [-0.05, 0) is 31.4 Å². The monoisotopic (exact) mass is 527 g/mol. The lowest BCUT2D eigenvalue weighted by Crippen LogP contribution is -2.38. The van der Waals surface area contributed by atoms with Crippen molar-refractivity contribution in [1.82, 2.24) is 24.4 Å². The van der Waals surface area contributed by atoms with Crippen LogP contribution in [0.3, 0.4) is 0 Å². The molecule has 1 aromatic carbocycles. The van der Waals surface area contributed by atoms with Gasteiger partial charge in [0.15, 0.2) is 11.6 Å². The molecule has 3 aromatic rings. The van der Waals surface area contributed by atoms with Gasteiger partial charge in [0.25, 0.3) is 6.43 Å². The third kappa shape index (κ3) is 5.20. The average molecular weight is 528 g/mol. The Morgan fingerprint density at radius 2 is 1.92 bits per heavy atom. The number of hydrogen-bond acceptors (Lipinski definition) is 9. The Labute approximate surface area is 218 Å². The highest BCUT2D eigenvalue weighted by Gasteiger charge is 2.30. The lowest BCUT2D eigenvalue weighted by atomic mass is 10.1. The summed E-state index contributed by atoms with van der Waals surface area (Å²) in [5, 5.41) is 3.48. The number of morpholine rings is 1. The first kappa shape index (κ1) is 25.1. The number of para-hydroxylation sites is 2. The maximum atomic E-state index is 14.1. The Morgan fingerprint density at radius 1 is 1.08 bits per heavy atom. The summed E-state index contributed by atoms with van der Waals surface area (Å²) >= 11 is 0. The van der Waals surface area contributed by atoms with Crippen LogP contribution in [0.25, 0.3) is 16.9 Å². The third-order valence-corrected chi connectivity index (χ3v) is 7.30. The molecule has 3 aliphatic rings. The van der Waals surface area contributed by atoms with E-state index in [1.165, 1.54) is 4.57 Å². The molecular formula is C26H31F2N7O3. The third-order valence-electron chi connectivity index (χ3n) is 7.30. The van der Waals surface area contributed by atoms with Crippen molar-refractivity contribution in [3.8, 4) is 5.82 Å². The summed E-state index contributed by atoms with van der Waals surface area (Å²) in [6.45, 7) is 4.80. The number of hydrogen-bond donors (Lipinski definition) is 1. The zero-order chi connectivity index (χ0) is 26.1. The Hall–Kier alpha value is -3.22. The number of aromatic nitrogens is 4. The van der Waals surface area contributed by atoms with Crippen molar-refractivity contribution >= 4 is 28.6 Å². The standard InChI is InChI=1S/C26H31F2N7O3/c27-24(28)25-30-18-4-1-2-5-19(18)35(25)23-14-22(31-26(32-23)34-9-12-37-13-10-34)29-17-7-8-33(15-17)16-20(36)21-6-3-11-38-21/h1-2,4-5,14,17,21,24H,3,6-13,15-16H2,(H,29,31,32)/t17-,21?/m0/s1. The van der Waals surface area contributed by atoms with Gasteiger partial charge in [-0.25, -0.2) is 13.8 Å². The zero-order valence-electron chi connectivity index (χ0n) is 21.1. The van der Waals surface area contributed by atoms with E-state index in [1.54, 1.807) is 30.3 Å². The van der Waals surface area contributed by atoms with Gasteiger partial charge in [-0.3, -0.25) is 14.3 Å². The highest BCUT2D eigenvalue weighted by atomic mass is 19.3. The minimum absolute atomic E-state index is 0.0571. The van der Waals surface area contributed by atoms with E-state index >= 15 is 0 Å². The fourth-order valence-electron chi connectivity index (χ4n) is 5.40. The van der Waals surface area contributed by atoms with Crippen LogP contribution in [0, 0.1) is 0 Å². The second-order valence-electron chi connectivity index (χ2n) is 9.94. The van der Waals surface area contributed by atoms with Gasteiger partial charge in [0.2, 0.25) is 5.95 Å². The number of anilines is 2. The van der Waals surface area contributed by atoms with E-state index in [-0.39, 0.29) is 23.8 Å². The van der Waals surface area contributed by atoms with E-state index in [1.807, 2.05) is 4.90 Å². The minimum atomic E-state index is -2.77. The normalized spacial score (nSPS) is 22.6.